The first-order valence-electron chi connectivity index (χ1n) is 10.6. The Morgan fingerprint density at radius 3 is 2.84 bits per heavy atom. The Morgan fingerprint density at radius 2 is 2.06 bits per heavy atom. The normalized spacial score (nSPS) is 20.5. The third-order valence-electron chi connectivity index (χ3n) is 5.93. The number of fused-ring (bicyclic) bond motifs is 1. The minimum Gasteiger partial charge on any atom is -0.351 e. The number of thioether (sulfide) groups is 1. The van der Waals surface area contributed by atoms with Gasteiger partial charge in [-0.3, -0.25) is 4.40 Å². The summed E-state index contributed by atoms with van der Waals surface area (Å²) in [6, 6.07) is 2.02. The van der Waals surface area contributed by atoms with E-state index in [0.717, 1.165) is 54.8 Å². The first-order chi connectivity index (χ1) is 15.2. The zero-order valence-electron chi connectivity index (χ0n) is 17.6. The van der Waals surface area contributed by atoms with Gasteiger partial charge in [-0.15, -0.1) is 11.8 Å². The molecular weight excluding hydrogens is 410 g/mol. The number of likely N-dealkylation sites (N-methyl/N-ethyl adjacent to an activating group) is 1. The van der Waals surface area contributed by atoms with Gasteiger partial charge in [-0.1, -0.05) is 6.08 Å². The monoisotopic (exact) mass is 437 g/mol. The molecule has 2 aliphatic heterocycles. The lowest BCUT2D eigenvalue weighted by molar-refractivity contribution is 0.312. The van der Waals surface area contributed by atoms with E-state index in [1.54, 1.807) is 6.20 Å². The summed E-state index contributed by atoms with van der Waals surface area (Å²) in [7, 11) is 2.15. The summed E-state index contributed by atoms with van der Waals surface area (Å²) in [5.74, 6) is 2.92. The Hall–Kier alpha value is -2.69. The van der Waals surface area contributed by atoms with Crippen LogP contribution in [-0.2, 0) is 0 Å². The lowest BCUT2D eigenvalue weighted by atomic mass is 10.0. The molecule has 0 saturated carbocycles. The van der Waals surface area contributed by atoms with E-state index >= 15 is 0 Å². The number of nitrogens with one attached hydrogen (secondary N) is 1. The molecule has 5 rings (SSSR count). The van der Waals surface area contributed by atoms with Gasteiger partial charge in [0, 0.05) is 69.0 Å². The lowest BCUT2D eigenvalue weighted by Gasteiger charge is -2.33. The molecule has 0 aliphatic carbocycles. The summed E-state index contributed by atoms with van der Waals surface area (Å²) < 4.78 is 2.06. The Balaban J connectivity index is 1.43. The van der Waals surface area contributed by atoms with E-state index in [9.17, 15) is 0 Å². The van der Waals surface area contributed by atoms with E-state index in [2.05, 4.69) is 48.0 Å². The maximum absolute atomic E-state index is 6.01. The molecule has 3 aromatic heterocycles. The van der Waals surface area contributed by atoms with Crippen molar-refractivity contribution in [3.63, 3.8) is 0 Å². The summed E-state index contributed by atoms with van der Waals surface area (Å²) >= 11 is 1.81. The summed E-state index contributed by atoms with van der Waals surface area (Å²) in [4.78, 5) is 23.1. The second-order valence-electron chi connectivity index (χ2n) is 7.96. The Morgan fingerprint density at radius 1 is 1.19 bits per heavy atom. The second-order valence-corrected chi connectivity index (χ2v) is 8.89. The molecule has 31 heavy (non-hydrogen) atoms. The van der Waals surface area contributed by atoms with E-state index < -0.39 is 0 Å². The predicted molar refractivity (Wildman–Crippen MR) is 125 cm³/mol. The number of anilines is 2. The Labute approximate surface area is 185 Å². The van der Waals surface area contributed by atoms with Crippen LogP contribution >= 0.6 is 11.8 Å². The van der Waals surface area contributed by atoms with E-state index in [1.165, 1.54) is 0 Å². The molecule has 0 aromatic carbocycles. The van der Waals surface area contributed by atoms with Gasteiger partial charge in [0.2, 0.25) is 5.95 Å². The molecule has 0 radical (unpaired) electrons. The van der Waals surface area contributed by atoms with Crippen molar-refractivity contribution >= 4 is 29.2 Å². The standard InChI is InChI=1S/C21H27N9S/c1-28-7-9-29(10-8-28)19-20-25-13-18(30(20)6-5-23-19)16-2-4-24-21(26-16)27-17(12-22)15-3-11-31-14-15/h2-6,11,13,15,17H,7-10,12,14,22H2,1H3,(H,24,26,27). The van der Waals surface area contributed by atoms with E-state index in [-0.39, 0.29) is 6.04 Å². The van der Waals surface area contributed by atoms with Gasteiger partial charge in [0.1, 0.15) is 0 Å². The average molecular weight is 438 g/mol. The molecule has 162 valence electrons. The number of aromatic nitrogens is 5. The fourth-order valence-electron chi connectivity index (χ4n) is 4.04. The fraction of sp³-hybridized carbons (Fsp3) is 0.429. The summed E-state index contributed by atoms with van der Waals surface area (Å²) in [5.41, 5.74) is 8.59. The van der Waals surface area contributed by atoms with E-state index in [4.69, 9.17) is 15.7 Å². The predicted octanol–water partition coefficient (Wildman–Crippen LogP) is 1.55. The van der Waals surface area contributed by atoms with Crippen molar-refractivity contribution in [2.75, 3.05) is 55.7 Å². The van der Waals surface area contributed by atoms with E-state index in [0.29, 0.717) is 18.4 Å². The zero-order valence-corrected chi connectivity index (χ0v) is 18.4. The highest BCUT2D eigenvalue weighted by molar-refractivity contribution is 8.02. The van der Waals surface area contributed by atoms with Crippen molar-refractivity contribution in [3.05, 3.63) is 42.3 Å². The first kappa shape index (κ1) is 20.2. The van der Waals surface area contributed by atoms with Gasteiger partial charge in [-0.25, -0.2) is 19.9 Å². The number of hydrogen-bond donors (Lipinski definition) is 2. The third-order valence-corrected chi connectivity index (χ3v) is 6.85. The largest absolute Gasteiger partial charge is 0.351 e. The van der Waals surface area contributed by atoms with Crippen molar-refractivity contribution < 1.29 is 0 Å². The van der Waals surface area contributed by atoms with Crippen LogP contribution in [0.4, 0.5) is 11.8 Å². The van der Waals surface area contributed by atoms with Crippen molar-refractivity contribution in [1.29, 1.82) is 0 Å². The zero-order chi connectivity index (χ0) is 21.2. The molecule has 1 fully saturated rings. The number of imidazole rings is 1. The van der Waals surface area contributed by atoms with Crippen LogP contribution in [0.3, 0.4) is 0 Å². The van der Waals surface area contributed by atoms with Crippen LogP contribution in [0, 0.1) is 5.92 Å². The first-order valence-corrected chi connectivity index (χ1v) is 11.6. The molecule has 3 N–H and O–H groups in total. The number of rotatable bonds is 6. The minimum absolute atomic E-state index is 0.108. The van der Waals surface area contributed by atoms with Crippen molar-refractivity contribution in [2.45, 2.75) is 6.04 Å². The highest BCUT2D eigenvalue weighted by atomic mass is 32.2. The van der Waals surface area contributed by atoms with Crippen LogP contribution in [0.25, 0.3) is 17.0 Å². The van der Waals surface area contributed by atoms with E-state index in [1.807, 2.05) is 36.4 Å². The summed E-state index contributed by atoms with van der Waals surface area (Å²) in [6.45, 7) is 4.46. The SMILES string of the molecule is CN1CCN(c2nccn3c(-c4ccnc(NC(CN)C5C=CSC5)n4)cnc23)CC1. The van der Waals surface area contributed by atoms with Gasteiger partial charge < -0.3 is 20.9 Å². The number of hydrogen-bond acceptors (Lipinski definition) is 9. The molecule has 0 bridgehead atoms. The third kappa shape index (κ3) is 4.10. The van der Waals surface area contributed by atoms with Gasteiger partial charge in [0.15, 0.2) is 11.5 Å². The average Bonchev–Trinajstić information content (AvgIpc) is 3.48. The minimum atomic E-state index is 0.108. The molecule has 0 spiro atoms. The van der Waals surface area contributed by atoms with Gasteiger partial charge in [-0.2, -0.15) is 0 Å². The van der Waals surface area contributed by atoms with Crippen LogP contribution in [-0.4, -0.2) is 80.8 Å². The molecule has 10 heteroatoms. The van der Waals surface area contributed by atoms with Crippen LogP contribution in [0.2, 0.25) is 0 Å². The second kappa shape index (κ2) is 8.81. The number of nitrogens with zero attached hydrogens (tertiary/aromatic N) is 7. The van der Waals surface area contributed by atoms with Crippen molar-refractivity contribution in [2.24, 2.45) is 11.7 Å². The molecule has 0 amide bonds. The smallest absolute Gasteiger partial charge is 0.223 e. The van der Waals surface area contributed by atoms with Gasteiger partial charge in [0.25, 0.3) is 0 Å². The Kier molecular flexibility index (Phi) is 5.75. The van der Waals surface area contributed by atoms with Crippen molar-refractivity contribution in [3.8, 4) is 11.4 Å². The molecule has 9 nitrogen and oxygen atoms in total. The molecule has 2 atom stereocenters. The molecule has 2 aliphatic rings. The maximum Gasteiger partial charge on any atom is 0.223 e. The maximum atomic E-state index is 6.01. The van der Waals surface area contributed by atoms with Crippen molar-refractivity contribution in [1.82, 2.24) is 29.2 Å². The summed E-state index contributed by atoms with van der Waals surface area (Å²) in [6.07, 6.45) is 9.62. The molecule has 1 saturated heterocycles. The van der Waals surface area contributed by atoms with Crippen LogP contribution in [0.5, 0.6) is 0 Å². The van der Waals surface area contributed by atoms with Gasteiger partial charge in [-0.05, 0) is 18.5 Å². The quantitative estimate of drug-likeness (QED) is 0.595. The highest BCUT2D eigenvalue weighted by Crippen LogP contribution is 2.27. The number of nitrogens with two attached hydrogens (primary N) is 1. The van der Waals surface area contributed by atoms with Crippen LogP contribution in [0.15, 0.2) is 42.3 Å². The summed E-state index contributed by atoms with van der Waals surface area (Å²) in [5, 5.41) is 5.56. The number of piperazine rings is 1. The highest BCUT2D eigenvalue weighted by Gasteiger charge is 2.22. The van der Waals surface area contributed by atoms with Gasteiger partial charge >= 0.3 is 0 Å². The van der Waals surface area contributed by atoms with Gasteiger partial charge in [0.05, 0.1) is 17.6 Å². The molecule has 2 unspecified atom stereocenters. The van der Waals surface area contributed by atoms with Crippen LogP contribution < -0.4 is 16.0 Å². The molecule has 5 heterocycles. The topological polar surface area (TPSA) is 100 Å². The Bertz CT molecular complexity index is 1070. The molecular formula is C21H27N9S. The lowest BCUT2D eigenvalue weighted by Crippen LogP contribution is -2.45. The van der Waals surface area contributed by atoms with Crippen LogP contribution in [0.1, 0.15) is 0 Å². The molecule has 3 aromatic rings. The fourth-order valence-corrected chi connectivity index (χ4v) is 5.03.